The van der Waals surface area contributed by atoms with Gasteiger partial charge >= 0.3 is 0 Å². The molecular formula is C16H21N5. The van der Waals surface area contributed by atoms with E-state index < -0.39 is 0 Å². The van der Waals surface area contributed by atoms with E-state index in [1.807, 2.05) is 11.6 Å². The van der Waals surface area contributed by atoms with Crippen LogP contribution in [0.1, 0.15) is 17.8 Å². The molecule has 5 heteroatoms. The third-order valence-corrected chi connectivity index (χ3v) is 4.85. The van der Waals surface area contributed by atoms with Crippen LogP contribution in [0, 0.1) is 0 Å². The van der Waals surface area contributed by atoms with Crippen LogP contribution in [0.2, 0.25) is 0 Å². The van der Waals surface area contributed by atoms with E-state index in [0.29, 0.717) is 12.1 Å². The third kappa shape index (κ3) is 2.47. The Balaban J connectivity index is 1.38. The summed E-state index contributed by atoms with van der Waals surface area (Å²) in [6.45, 7) is 4.35. The summed E-state index contributed by atoms with van der Waals surface area (Å²) in [4.78, 5) is 5.20. The molecule has 2 aliphatic heterocycles. The van der Waals surface area contributed by atoms with E-state index in [-0.39, 0.29) is 0 Å². The predicted molar refractivity (Wildman–Crippen MR) is 80.5 cm³/mol. The average molecular weight is 283 g/mol. The number of aryl methyl sites for hydroxylation is 1. The first-order chi connectivity index (χ1) is 10.3. The van der Waals surface area contributed by atoms with Crippen LogP contribution in [0.3, 0.4) is 0 Å². The molecule has 3 heterocycles. The van der Waals surface area contributed by atoms with E-state index in [9.17, 15) is 0 Å². The first-order valence-corrected chi connectivity index (χ1v) is 7.64. The zero-order chi connectivity index (χ0) is 14.2. The normalized spacial score (nSPS) is 25.8. The lowest BCUT2D eigenvalue weighted by atomic mass is 10.2. The fourth-order valence-corrected chi connectivity index (χ4v) is 3.67. The molecule has 4 rings (SSSR count). The molecule has 0 radical (unpaired) electrons. The molecule has 0 aliphatic carbocycles. The second-order valence-corrected chi connectivity index (χ2v) is 6.25. The van der Waals surface area contributed by atoms with Gasteiger partial charge in [0.1, 0.15) is 12.2 Å². The molecular weight excluding hydrogens is 262 g/mol. The molecule has 2 aliphatic rings. The Morgan fingerprint density at radius 1 is 1.05 bits per heavy atom. The summed E-state index contributed by atoms with van der Waals surface area (Å²) < 4.78 is 2.02. The Labute approximate surface area is 125 Å². The van der Waals surface area contributed by atoms with Gasteiger partial charge in [0, 0.05) is 38.8 Å². The molecule has 1 aromatic heterocycles. The molecule has 0 amide bonds. The smallest absolute Gasteiger partial charge is 0.146 e. The SMILES string of the molecule is Cn1cnnc1CN1C[C@@H]2C[C@H]1CN2Cc1ccccc1. The van der Waals surface area contributed by atoms with Crippen LogP contribution >= 0.6 is 0 Å². The molecule has 5 nitrogen and oxygen atoms in total. The molecule has 1 aromatic carbocycles. The van der Waals surface area contributed by atoms with Crippen LogP contribution in [0.25, 0.3) is 0 Å². The topological polar surface area (TPSA) is 37.2 Å². The third-order valence-electron chi connectivity index (χ3n) is 4.85. The molecule has 110 valence electrons. The van der Waals surface area contributed by atoms with E-state index in [1.54, 1.807) is 6.33 Å². The van der Waals surface area contributed by atoms with Gasteiger partial charge in [0.25, 0.3) is 0 Å². The second kappa shape index (κ2) is 5.24. The molecule has 21 heavy (non-hydrogen) atoms. The van der Waals surface area contributed by atoms with E-state index in [4.69, 9.17) is 0 Å². The van der Waals surface area contributed by atoms with Gasteiger partial charge in [0.05, 0.1) is 6.54 Å². The summed E-state index contributed by atoms with van der Waals surface area (Å²) in [5.74, 6) is 1.07. The number of fused-ring (bicyclic) bond motifs is 2. The van der Waals surface area contributed by atoms with Crippen molar-refractivity contribution in [2.45, 2.75) is 31.6 Å². The molecule has 0 N–H and O–H groups in total. The highest BCUT2D eigenvalue weighted by molar-refractivity contribution is 5.15. The minimum absolute atomic E-state index is 0.676. The Hall–Kier alpha value is -1.72. The number of hydrogen-bond donors (Lipinski definition) is 0. The number of benzene rings is 1. The lowest BCUT2D eigenvalue weighted by Gasteiger charge is -2.33. The van der Waals surface area contributed by atoms with Crippen molar-refractivity contribution in [1.82, 2.24) is 24.6 Å². The van der Waals surface area contributed by atoms with Crippen molar-refractivity contribution in [2.24, 2.45) is 7.05 Å². The Morgan fingerprint density at radius 3 is 2.38 bits per heavy atom. The first kappa shape index (κ1) is 13.0. The summed E-state index contributed by atoms with van der Waals surface area (Å²) in [5, 5.41) is 8.18. The van der Waals surface area contributed by atoms with Gasteiger partial charge in [-0.2, -0.15) is 0 Å². The maximum Gasteiger partial charge on any atom is 0.146 e. The molecule has 2 bridgehead atoms. The number of hydrogen-bond acceptors (Lipinski definition) is 4. The van der Waals surface area contributed by atoms with E-state index in [1.165, 1.54) is 18.5 Å². The Bertz CT molecular complexity index is 608. The summed E-state index contributed by atoms with van der Waals surface area (Å²) in [7, 11) is 2.02. The van der Waals surface area contributed by atoms with Crippen molar-refractivity contribution in [3.63, 3.8) is 0 Å². The first-order valence-electron chi connectivity index (χ1n) is 7.64. The van der Waals surface area contributed by atoms with E-state index in [0.717, 1.165) is 25.5 Å². The van der Waals surface area contributed by atoms with Crippen LogP contribution in [-0.4, -0.2) is 49.7 Å². The van der Waals surface area contributed by atoms with Crippen molar-refractivity contribution < 1.29 is 0 Å². The van der Waals surface area contributed by atoms with Gasteiger partial charge in [-0.05, 0) is 12.0 Å². The number of aromatic nitrogens is 3. The minimum atomic E-state index is 0.676. The summed E-state index contributed by atoms with van der Waals surface area (Å²) in [5.41, 5.74) is 1.42. The lowest BCUT2D eigenvalue weighted by Crippen LogP contribution is -2.45. The summed E-state index contributed by atoms with van der Waals surface area (Å²) >= 11 is 0. The number of rotatable bonds is 4. The van der Waals surface area contributed by atoms with E-state index in [2.05, 4.69) is 50.3 Å². The predicted octanol–water partition coefficient (Wildman–Crippen LogP) is 1.27. The van der Waals surface area contributed by atoms with Crippen molar-refractivity contribution in [1.29, 1.82) is 0 Å². The fraction of sp³-hybridized carbons (Fsp3) is 0.500. The second-order valence-electron chi connectivity index (χ2n) is 6.25. The molecule has 2 fully saturated rings. The average Bonchev–Trinajstić information content (AvgIpc) is 3.17. The zero-order valence-corrected chi connectivity index (χ0v) is 12.4. The van der Waals surface area contributed by atoms with Gasteiger partial charge < -0.3 is 4.57 Å². The Morgan fingerprint density at radius 2 is 1.76 bits per heavy atom. The highest BCUT2D eigenvalue weighted by atomic mass is 15.4. The van der Waals surface area contributed by atoms with Crippen molar-refractivity contribution in [2.75, 3.05) is 13.1 Å². The number of nitrogens with zero attached hydrogens (tertiary/aromatic N) is 5. The molecule has 0 spiro atoms. The van der Waals surface area contributed by atoms with Gasteiger partial charge in [0.15, 0.2) is 0 Å². The quantitative estimate of drug-likeness (QED) is 0.847. The molecule has 0 saturated carbocycles. The van der Waals surface area contributed by atoms with Crippen LogP contribution in [-0.2, 0) is 20.1 Å². The van der Waals surface area contributed by atoms with Gasteiger partial charge in [-0.25, -0.2) is 0 Å². The summed E-state index contributed by atoms with van der Waals surface area (Å²) in [6.07, 6.45) is 3.08. The van der Waals surface area contributed by atoms with Crippen molar-refractivity contribution in [3.8, 4) is 0 Å². The Kier molecular flexibility index (Phi) is 3.24. The van der Waals surface area contributed by atoms with Crippen molar-refractivity contribution >= 4 is 0 Å². The van der Waals surface area contributed by atoms with Gasteiger partial charge in [0.2, 0.25) is 0 Å². The van der Waals surface area contributed by atoms with Gasteiger partial charge in [-0.1, -0.05) is 30.3 Å². The maximum atomic E-state index is 4.21. The molecule has 0 unspecified atom stereocenters. The van der Waals surface area contributed by atoms with Crippen LogP contribution < -0.4 is 0 Å². The zero-order valence-electron chi connectivity index (χ0n) is 12.4. The van der Waals surface area contributed by atoms with Gasteiger partial charge in [-0.3, -0.25) is 9.80 Å². The lowest BCUT2D eigenvalue weighted by molar-refractivity contribution is 0.115. The standard InChI is InChI=1S/C16H21N5/c1-19-12-17-18-16(19)11-21-10-14-7-15(21)9-20(14)8-13-5-3-2-4-6-13/h2-6,12,14-15H,7-11H2,1H3/t14-,15-/m0/s1. The fourth-order valence-electron chi connectivity index (χ4n) is 3.67. The monoisotopic (exact) mass is 283 g/mol. The maximum absolute atomic E-state index is 4.21. The van der Waals surface area contributed by atoms with Gasteiger partial charge in [-0.15, -0.1) is 10.2 Å². The van der Waals surface area contributed by atoms with Crippen LogP contribution in [0.4, 0.5) is 0 Å². The minimum Gasteiger partial charge on any atom is -0.320 e. The highest BCUT2D eigenvalue weighted by Crippen LogP contribution is 2.32. The molecule has 2 aromatic rings. The van der Waals surface area contributed by atoms with Crippen LogP contribution in [0.5, 0.6) is 0 Å². The number of likely N-dealkylation sites (tertiary alicyclic amines) is 2. The van der Waals surface area contributed by atoms with Crippen LogP contribution in [0.15, 0.2) is 36.7 Å². The molecule has 2 saturated heterocycles. The highest BCUT2D eigenvalue weighted by Gasteiger charge is 2.43. The number of piperazine rings is 1. The van der Waals surface area contributed by atoms with Crippen molar-refractivity contribution in [3.05, 3.63) is 48.0 Å². The largest absolute Gasteiger partial charge is 0.320 e. The van der Waals surface area contributed by atoms with E-state index >= 15 is 0 Å². The summed E-state index contributed by atoms with van der Waals surface area (Å²) in [6, 6.07) is 12.2. The molecule has 2 atom stereocenters.